The molecule has 6 heteroatoms. The zero-order chi connectivity index (χ0) is 14.7. The molecule has 108 valence electrons. The van der Waals surface area contributed by atoms with E-state index < -0.39 is 5.97 Å². The van der Waals surface area contributed by atoms with Crippen LogP contribution >= 0.6 is 11.8 Å². The van der Waals surface area contributed by atoms with E-state index >= 15 is 0 Å². The fraction of sp³-hybridized carbons (Fsp3) is 0.429. The van der Waals surface area contributed by atoms with Gasteiger partial charge in [-0.3, -0.25) is 0 Å². The first kappa shape index (κ1) is 14.7. The van der Waals surface area contributed by atoms with Gasteiger partial charge < -0.3 is 15.3 Å². The first-order valence-electron chi connectivity index (χ1n) is 6.45. The summed E-state index contributed by atoms with van der Waals surface area (Å²) in [7, 11) is 1.75. The molecule has 2 N–H and O–H groups in total. The van der Waals surface area contributed by atoms with Gasteiger partial charge in [-0.25, -0.2) is 9.59 Å². The van der Waals surface area contributed by atoms with Crippen molar-refractivity contribution in [2.45, 2.75) is 19.4 Å². The van der Waals surface area contributed by atoms with Crippen molar-refractivity contribution >= 4 is 29.4 Å². The van der Waals surface area contributed by atoms with Crippen LogP contribution in [-0.4, -0.2) is 46.6 Å². The van der Waals surface area contributed by atoms with E-state index in [-0.39, 0.29) is 17.6 Å². The average molecular weight is 294 g/mol. The Bertz CT molecular complexity index is 527. The maximum absolute atomic E-state index is 12.2. The molecule has 0 saturated carbocycles. The third kappa shape index (κ3) is 3.07. The van der Waals surface area contributed by atoms with Gasteiger partial charge in [-0.1, -0.05) is 12.1 Å². The van der Waals surface area contributed by atoms with E-state index in [1.165, 1.54) is 6.07 Å². The lowest BCUT2D eigenvalue weighted by atomic mass is 10.1. The summed E-state index contributed by atoms with van der Waals surface area (Å²) in [6, 6.07) is 4.92. The number of carbonyl (C=O) groups excluding carboxylic acids is 1. The van der Waals surface area contributed by atoms with E-state index in [1.807, 2.05) is 11.8 Å². The monoisotopic (exact) mass is 294 g/mol. The molecule has 0 aliphatic carbocycles. The second kappa shape index (κ2) is 6.17. The zero-order valence-corrected chi connectivity index (χ0v) is 12.4. The van der Waals surface area contributed by atoms with Crippen LogP contribution in [0.3, 0.4) is 0 Å². The number of amides is 2. The van der Waals surface area contributed by atoms with Crippen LogP contribution in [0.5, 0.6) is 0 Å². The second-order valence-electron chi connectivity index (χ2n) is 4.86. The number of hydrogen-bond donors (Lipinski definition) is 2. The van der Waals surface area contributed by atoms with Gasteiger partial charge in [0.05, 0.1) is 11.3 Å². The quantitative estimate of drug-likeness (QED) is 0.899. The molecule has 1 aliphatic rings. The Morgan fingerprint density at radius 2 is 2.20 bits per heavy atom. The molecule has 2 amide bonds. The number of rotatable bonds is 3. The highest BCUT2D eigenvalue weighted by molar-refractivity contribution is 7.99. The fourth-order valence-corrected chi connectivity index (χ4v) is 3.47. The Hall–Kier alpha value is -1.69. The molecule has 0 spiro atoms. The minimum Gasteiger partial charge on any atom is -0.478 e. The Morgan fingerprint density at radius 3 is 2.80 bits per heavy atom. The minimum atomic E-state index is -1.04. The van der Waals surface area contributed by atoms with Crippen LogP contribution in [0.15, 0.2) is 18.2 Å². The van der Waals surface area contributed by atoms with Gasteiger partial charge in [-0.05, 0) is 30.7 Å². The molecule has 1 heterocycles. The van der Waals surface area contributed by atoms with Gasteiger partial charge in [-0.2, -0.15) is 11.8 Å². The van der Waals surface area contributed by atoms with Crippen molar-refractivity contribution in [1.82, 2.24) is 4.90 Å². The van der Waals surface area contributed by atoms with E-state index in [2.05, 4.69) is 5.32 Å². The maximum Gasteiger partial charge on any atom is 0.337 e. The number of carbonyl (C=O) groups is 2. The van der Waals surface area contributed by atoms with E-state index in [9.17, 15) is 14.7 Å². The van der Waals surface area contributed by atoms with Crippen LogP contribution in [0.2, 0.25) is 0 Å². The van der Waals surface area contributed by atoms with Crippen molar-refractivity contribution in [3.8, 4) is 0 Å². The summed E-state index contributed by atoms with van der Waals surface area (Å²) in [5.74, 6) is 0.958. The number of carboxylic acid groups (broad SMARTS) is 1. The van der Waals surface area contributed by atoms with E-state index in [0.29, 0.717) is 5.69 Å². The zero-order valence-electron chi connectivity index (χ0n) is 11.5. The molecule has 1 aromatic carbocycles. The number of nitrogens with one attached hydrogen (secondary N) is 1. The predicted octanol–water partition coefficient (Wildman–Crippen LogP) is 2.66. The molecule has 0 bridgehead atoms. The molecule has 1 unspecified atom stereocenters. The molecule has 2 rings (SSSR count). The molecule has 1 aliphatic heterocycles. The number of benzene rings is 1. The average Bonchev–Trinajstić information content (AvgIpc) is 2.93. The lowest BCUT2D eigenvalue weighted by molar-refractivity contribution is 0.0698. The van der Waals surface area contributed by atoms with Crippen molar-refractivity contribution in [3.05, 3.63) is 29.3 Å². The number of para-hydroxylation sites is 1. The number of aromatic carboxylic acids is 1. The maximum atomic E-state index is 12.2. The summed E-state index contributed by atoms with van der Waals surface area (Å²) >= 11 is 1.83. The summed E-state index contributed by atoms with van der Waals surface area (Å²) in [4.78, 5) is 25.1. The number of urea groups is 1. The molecule has 1 aromatic rings. The molecule has 1 saturated heterocycles. The third-order valence-electron chi connectivity index (χ3n) is 3.51. The number of anilines is 1. The lowest BCUT2D eigenvalue weighted by Crippen LogP contribution is -2.40. The topological polar surface area (TPSA) is 69.6 Å². The van der Waals surface area contributed by atoms with Crippen LogP contribution in [0.25, 0.3) is 0 Å². The fourth-order valence-electron chi connectivity index (χ4n) is 2.20. The molecular formula is C14H18N2O3S. The highest BCUT2D eigenvalue weighted by Crippen LogP contribution is 2.24. The Morgan fingerprint density at radius 1 is 1.45 bits per heavy atom. The van der Waals surface area contributed by atoms with E-state index in [4.69, 9.17) is 0 Å². The summed E-state index contributed by atoms with van der Waals surface area (Å²) in [5.41, 5.74) is 1.24. The highest BCUT2D eigenvalue weighted by atomic mass is 32.2. The van der Waals surface area contributed by atoms with Crippen molar-refractivity contribution in [1.29, 1.82) is 0 Å². The summed E-state index contributed by atoms with van der Waals surface area (Å²) in [6.07, 6.45) is 0.980. The molecule has 1 atom stereocenters. The van der Waals surface area contributed by atoms with Gasteiger partial charge in [0, 0.05) is 18.8 Å². The smallest absolute Gasteiger partial charge is 0.337 e. The Labute approximate surface area is 122 Å². The van der Waals surface area contributed by atoms with Crippen LogP contribution in [0, 0.1) is 6.92 Å². The molecule has 1 fully saturated rings. The largest absolute Gasteiger partial charge is 0.478 e. The van der Waals surface area contributed by atoms with Crippen molar-refractivity contribution in [3.63, 3.8) is 0 Å². The van der Waals surface area contributed by atoms with Gasteiger partial charge >= 0.3 is 12.0 Å². The highest BCUT2D eigenvalue weighted by Gasteiger charge is 2.25. The summed E-state index contributed by atoms with van der Waals surface area (Å²) < 4.78 is 0. The van der Waals surface area contributed by atoms with Gasteiger partial charge in [0.25, 0.3) is 0 Å². The van der Waals surface area contributed by atoms with Gasteiger partial charge in [0.1, 0.15) is 0 Å². The Balaban J connectivity index is 2.16. The van der Waals surface area contributed by atoms with Crippen LogP contribution < -0.4 is 5.32 Å². The molecular weight excluding hydrogens is 276 g/mol. The number of aryl methyl sites for hydroxylation is 1. The lowest BCUT2D eigenvalue weighted by Gasteiger charge is -2.25. The molecule has 20 heavy (non-hydrogen) atoms. The first-order valence-corrected chi connectivity index (χ1v) is 7.60. The predicted molar refractivity (Wildman–Crippen MR) is 80.7 cm³/mol. The minimum absolute atomic E-state index is 0.118. The third-order valence-corrected chi connectivity index (χ3v) is 4.65. The number of hydrogen-bond acceptors (Lipinski definition) is 3. The second-order valence-corrected chi connectivity index (χ2v) is 6.01. The normalized spacial score (nSPS) is 17.8. The number of thioether (sulfide) groups is 1. The number of carboxylic acids is 1. The van der Waals surface area contributed by atoms with Gasteiger partial charge in [-0.15, -0.1) is 0 Å². The summed E-state index contributed by atoms with van der Waals surface area (Å²) in [6.45, 7) is 1.79. The Kier molecular flexibility index (Phi) is 4.54. The van der Waals surface area contributed by atoms with Gasteiger partial charge in [0.2, 0.25) is 0 Å². The van der Waals surface area contributed by atoms with Crippen LogP contribution in [0.1, 0.15) is 22.3 Å². The SMILES string of the molecule is Cc1cccc(C(=O)O)c1NC(=O)N(C)C1CCSC1. The van der Waals surface area contributed by atoms with Crippen molar-refractivity contribution < 1.29 is 14.7 Å². The number of nitrogens with zero attached hydrogens (tertiary/aromatic N) is 1. The van der Waals surface area contributed by atoms with E-state index in [1.54, 1.807) is 31.0 Å². The molecule has 5 nitrogen and oxygen atoms in total. The van der Waals surface area contributed by atoms with Crippen LogP contribution in [-0.2, 0) is 0 Å². The van der Waals surface area contributed by atoms with E-state index in [0.717, 1.165) is 23.5 Å². The molecule has 0 aromatic heterocycles. The summed E-state index contributed by atoms with van der Waals surface area (Å²) in [5, 5.41) is 11.9. The van der Waals surface area contributed by atoms with Crippen molar-refractivity contribution in [2.75, 3.05) is 23.9 Å². The van der Waals surface area contributed by atoms with Crippen molar-refractivity contribution in [2.24, 2.45) is 0 Å². The first-order chi connectivity index (χ1) is 9.50. The standard InChI is InChI=1S/C14H18N2O3S/c1-9-4-3-5-11(13(17)18)12(9)15-14(19)16(2)10-6-7-20-8-10/h3-5,10H,6-8H2,1-2H3,(H,15,19)(H,17,18). The van der Waals surface area contributed by atoms with Gasteiger partial charge in [0.15, 0.2) is 0 Å². The molecule has 0 radical (unpaired) electrons. The van der Waals surface area contributed by atoms with Crippen LogP contribution in [0.4, 0.5) is 10.5 Å².